The molecule has 0 aromatic heterocycles. The summed E-state index contributed by atoms with van der Waals surface area (Å²) in [6.07, 6.45) is 0. The van der Waals surface area contributed by atoms with Gasteiger partial charge in [0.2, 0.25) is 0 Å². The number of hydrogen-bond acceptors (Lipinski definition) is 2. The molecular weight excluding hydrogens is 257 g/mol. The minimum absolute atomic E-state index is 0.226. The molecule has 0 spiro atoms. The SMILES string of the molecule is COCC1C2CNC[C@@]21c1ccc(Cl)c(Cl)c1. The Bertz CT molecular complexity index is 451. The van der Waals surface area contributed by atoms with Crippen LogP contribution in [0.4, 0.5) is 0 Å². The fraction of sp³-hybridized carbons (Fsp3) is 0.538. The molecule has 3 rings (SSSR count). The predicted octanol–water partition coefficient (Wildman–Crippen LogP) is 2.73. The van der Waals surface area contributed by atoms with Crippen LogP contribution in [0.15, 0.2) is 18.2 Å². The second kappa shape index (κ2) is 4.13. The van der Waals surface area contributed by atoms with Crippen molar-refractivity contribution in [2.75, 3.05) is 26.8 Å². The largest absolute Gasteiger partial charge is 0.384 e. The Morgan fingerprint density at radius 3 is 2.94 bits per heavy atom. The van der Waals surface area contributed by atoms with E-state index in [1.165, 1.54) is 5.56 Å². The van der Waals surface area contributed by atoms with Crippen molar-refractivity contribution < 1.29 is 4.74 Å². The summed E-state index contributed by atoms with van der Waals surface area (Å²) in [4.78, 5) is 0. The maximum atomic E-state index is 6.11. The van der Waals surface area contributed by atoms with Crippen LogP contribution < -0.4 is 5.32 Å². The average Bonchev–Trinajstić information content (AvgIpc) is 2.72. The zero-order valence-corrected chi connectivity index (χ0v) is 11.2. The molecule has 17 heavy (non-hydrogen) atoms. The topological polar surface area (TPSA) is 21.3 Å². The summed E-state index contributed by atoms with van der Waals surface area (Å²) in [5.41, 5.74) is 1.52. The van der Waals surface area contributed by atoms with Gasteiger partial charge in [-0.05, 0) is 36.1 Å². The molecule has 92 valence electrons. The van der Waals surface area contributed by atoms with Gasteiger partial charge in [-0.15, -0.1) is 0 Å². The van der Waals surface area contributed by atoms with E-state index in [9.17, 15) is 0 Å². The van der Waals surface area contributed by atoms with Gasteiger partial charge in [0.05, 0.1) is 16.7 Å². The van der Waals surface area contributed by atoms with E-state index in [-0.39, 0.29) is 5.41 Å². The second-order valence-corrected chi connectivity index (χ2v) is 5.78. The van der Waals surface area contributed by atoms with E-state index in [0.29, 0.717) is 21.9 Å². The quantitative estimate of drug-likeness (QED) is 0.913. The Morgan fingerprint density at radius 1 is 1.41 bits per heavy atom. The van der Waals surface area contributed by atoms with Crippen molar-refractivity contribution in [3.05, 3.63) is 33.8 Å². The number of nitrogens with one attached hydrogen (secondary N) is 1. The van der Waals surface area contributed by atoms with Crippen molar-refractivity contribution in [1.82, 2.24) is 5.32 Å². The summed E-state index contributed by atoms with van der Waals surface area (Å²) in [5, 5.41) is 4.72. The molecule has 0 amide bonds. The molecule has 0 bridgehead atoms. The zero-order valence-electron chi connectivity index (χ0n) is 9.67. The molecular formula is C13H15Cl2NO. The van der Waals surface area contributed by atoms with Crippen LogP contribution >= 0.6 is 23.2 Å². The van der Waals surface area contributed by atoms with Gasteiger partial charge in [0.25, 0.3) is 0 Å². The van der Waals surface area contributed by atoms with Gasteiger partial charge in [-0.2, -0.15) is 0 Å². The fourth-order valence-electron chi connectivity index (χ4n) is 3.39. The molecule has 1 aromatic carbocycles. The lowest BCUT2D eigenvalue weighted by Gasteiger charge is -2.16. The Morgan fingerprint density at radius 2 is 2.24 bits per heavy atom. The number of fused-ring (bicyclic) bond motifs is 1. The molecule has 1 aliphatic carbocycles. The van der Waals surface area contributed by atoms with Crippen LogP contribution in [0.25, 0.3) is 0 Å². The van der Waals surface area contributed by atoms with E-state index >= 15 is 0 Å². The van der Waals surface area contributed by atoms with Crippen molar-refractivity contribution in [2.45, 2.75) is 5.41 Å². The van der Waals surface area contributed by atoms with Crippen LogP contribution in [0, 0.1) is 11.8 Å². The van der Waals surface area contributed by atoms with Crippen LogP contribution in [0.5, 0.6) is 0 Å². The highest BCUT2D eigenvalue weighted by molar-refractivity contribution is 6.42. The number of benzene rings is 1. The van der Waals surface area contributed by atoms with E-state index in [1.807, 2.05) is 12.1 Å². The monoisotopic (exact) mass is 271 g/mol. The van der Waals surface area contributed by atoms with Crippen LogP contribution in [-0.4, -0.2) is 26.8 Å². The number of halogens is 2. The zero-order chi connectivity index (χ0) is 12.0. The van der Waals surface area contributed by atoms with E-state index in [4.69, 9.17) is 27.9 Å². The Labute approximate surface area is 111 Å². The number of piperidine rings is 1. The number of ether oxygens (including phenoxy) is 1. The normalized spacial score (nSPS) is 34.8. The first-order valence-corrected chi connectivity index (χ1v) is 6.61. The summed E-state index contributed by atoms with van der Waals surface area (Å²) in [7, 11) is 1.77. The molecule has 2 fully saturated rings. The Balaban J connectivity index is 1.94. The Hall–Kier alpha value is -0.280. The molecule has 1 aromatic rings. The summed E-state index contributed by atoms with van der Waals surface area (Å²) < 4.78 is 5.32. The molecule has 3 atom stereocenters. The summed E-state index contributed by atoms with van der Waals surface area (Å²) in [6, 6.07) is 6.01. The van der Waals surface area contributed by atoms with Gasteiger partial charge >= 0.3 is 0 Å². The number of rotatable bonds is 3. The van der Waals surface area contributed by atoms with Crippen molar-refractivity contribution in [2.24, 2.45) is 11.8 Å². The van der Waals surface area contributed by atoms with Gasteiger partial charge in [0.15, 0.2) is 0 Å². The lowest BCUT2D eigenvalue weighted by molar-refractivity contribution is 0.172. The van der Waals surface area contributed by atoms with Crippen molar-refractivity contribution >= 4 is 23.2 Å². The smallest absolute Gasteiger partial charge is 0.0595 e. The minimum atomic E-state index is 0.226. The van der Waals surface area contributed by atoms with Gasteiger partial charge in [-0.3, -0.25) is 0 Å². The lowest BCUT2D eigenvalue weighted by Crippen LogP contribution is -2.25. The van der Waals surface area contributed by atoms with Gasteiger partial charge in [0, 0.05) is 19.1 Å². The molecule has 1 saturated carbocycles. The van der Waals surface area contributed by atoms with Crippen LogP contribution in [0.2, 0.25) is 10.0 Å². The molecule has 2 unspecified atom stereocenters. The van der Waals surface area contributed by atoms with Crippen LogP contribution in [-0.2, 0) is 10.2 Å². The van der Waals surface area contributed by atoms with Crippen LogP contribution in [0.3, 0.4) is 0 Å². The minimum Gasteiger partial charge on any atom is -0.384 e. The van der Waals surface area contributed by atoms with E-state index in [2.05, 4.69) is 11.4 Å². The van der Waals surface area contributed by atoms with Gasteiger partial charge in [-0.1, -0.05) is 29.3 Å². The third kappa shape index (κ3) is 1.62. The molecule has 1 N–H and O–H groups in total. The van der Waals surface area contributed by atoms with Crippen molar-refractivity contribution in [3.8, 4) is 0 Å². The fourth-order valence-corrected chi connectivity index (χ4v) is 3.68. The van der Waals surface area contributed by atoms with E-state index in [0.717, 1.165) is 19.7 Å². The first-order valence-electron chi connectivity index (χ1n) is 5.85. The molecule has 1 aliphatic heterocycles. The highest BCUT2D eigenvalue weighted by atomic mass is 35.5. The molecule has 4 heteroatoms. The molecule has 2 aliphatic rings. The van der Waals surface area contributed by atoms with Gasteiger partial charge in [0.1, 0.15) is 0 Å². The van der Waals surface area contributed by atoms with Gasteiger partial charge in [-0.25, -0.2) is 0 Å². The third-order valence-corrected chi connectivity index (χ3v) is 5.02. The molecule has 2 nitrogen and oxygen atoms in total. The maximum Gasteiger partial charge on any atom is 0.0595 e. The average molecular weight is 272 g/mol. The highest BCUT2D eigenvalue weighted by Gasteiger charge is 2.67. The molecule has 0 radical (unpaired) electrons. The van der Waals surface area contributed by atoms with Crippen molar-refractivity contribution in [3.63, 3.8) is 0 Å². The summed E-state index contributed by atoms with van der Waals surface area (Å²) in [5.74, 6) is 1.30. The first-order chi connectivity index (χ1) is 8.20. The summed E-state index contributed by atoms with van der Waals surface area (Å²) >= 11 is 12.1. The maximum absolute atomic E-state index is 6.11. The van der Waals surface area contributed by atoms with Crippen molar-refractivity contribution in [1.29, 1.82) is 0 Å². The van der Waals surface area contributed by atoms with Crippen LogP contribution in [0.1, 0.15) is 5.56 Å². The standard InChI is InChI=1S/C13H15Cl2NO/c1-17-6-10-9-5-16-7-13(9,10)8-2-3-11(14)12(15)4-8/h2-4,9-10,16H,5-7H2,1H3/t9?,10?,13-/m1/s1. The number of hydrogen-bond donors (Lipinski definition) is 1. The van der Waals surface area contributed by atoms with E-state index in [1.54, 1.807) is 7.11 Å². The molecule has 1 saturated heterocycles. The summed E-state index contributed by atoms with van der Waals surface area (Å²) in [6.45, 7) is 2.92. The third-order valence-electron chi connectivity index (χ3n) is 4.28. The molecule has 1 heterocycles. The lowest BCUT2D eigenvalue weighted by atomic mass is 9.93. The van der Waals surface area contributed by atoms with E-state index < -0.39 is 0 Å². The van der Waals surface area contributed by atoms with Gasteiger partial charge < -0.3 is 10.1 Å². The second-order valence-electron chi connectivity index (χ2n) is 4.97. The first kappa shape index (κ1) is 11.8. The highest BCUT2D eigenvalue weighted by Crippen LogP contribution is 2.62. The predicted molar refractivity (Wildman–Crippen MR) is 69.9 cm³/mol. The number of methoxy groups -OCH3 is 1. The Kier molecular flexibility index (Phi) is 2.86.